The molecular weight excluding hydrogens is 667 g/mol. The third-order valence-electron chi connectivity index (χ3n) is 6.36. The lowest BCUT2D eigenvalue weighted by Gasteiger charge is -2.15. The van der Waals surface area contributed by atoms with Crippen LogP contribution in [-0.4, -0.2) is 28.0 Å². The van der Waals surface area contributed by atoms with E-state index < -0.39 is 17.1 Å². The lowest BCUT2D eigenvalue weighted by atomic mass is 10.1. The number of benzene rings is 3. The van der Waals surface area contributed by atoms with Gasteiger partial charge < -0.3 is 16.0 Å². The van der Waals surface area contributed by atoms with Crippen LogP contribution in [0.3, 0.4) is 0 Å². The van der Waals surface area contributed by atoms with Gasteiger partial charge in [-0.2, -0.15) is 0 Å². The van der Waals surface area contributed by atoms with Crippen LogP contribution in [0.1, 0.15) is 29.3 Å². The Balaban J connectivity index is 1.30. The molecule has 0 bridgehead atoms. The summed E-state index contributed by atoms with van der Waals surface area (Å²) in [4.78, 5) is 46.0. The quantitative estimate of drug-likeness (QED) is 0.0947. The summed E-state index contributed by atoms with van der Waals surface area (Å²) in [5.41, 5.74) is 2.03. The summed E-state index contributed by atoms with van der Waals surface area (Å²) in [5.74, 6) is -1.20. The topological polar surface area (TPSA) is 100 Å². The minimum absolute atomic E-state index is 0.0481. The molecule has 1 unspecified atom stereocenters. The zero-order valence-corrected chi connectivity index (χ0v) is 27.7. The predicted octanol–water partition coefficient (Wildman–Crippen LogP) is 9.10. The van der Waals surface area contributed by atoms with E-state index in [1.54, 1.807) is 78.1 Å². The van der Waals surface area contributed by atoms with Crippen LogP contribution >= 0.6 is 57.6 Å². The lowest BCUT2D eigenvalue weighted by Crippen LogP contribution is -2.30. The van der Waals surface area contributed by atoms with E-state index >= 15 is 0 Å². The van der Waals surface area contributed by atoms with Crippen LogP contribution in [0.2, 0.25) is 10.0 Å². The maximum Gasteiger partial charge on any atom is 0.272 e. The molecule has 1 atom stereocenters. The van der Waals surface area contributed by atoms with Gasteiger partial charge >= 0.3 is 0 Å². The molecule has 5 rings (SSSR count). The van der Waals surface area contributed by atoms with Crippen molar-refractivity contribution in [1.82, 2.24) is 10.3 Å². The van der Waals surface area contributed by atoms with Crippen LogP contribution in [0.4, 0.5) is 10.8 Å². The molecule has 3 aromatic carbocycles. The van der Waals surface area contributed by atoms with E-state index in [9.17, 15) is 14.4 Å². The van der Waals surface area contributed by atoms with E-state index in [1.165, 1.54) is 29.2 Å². The first-order chi connectivity index (χ1) is 21.8. The van der Waals surface area contributed by atoms with E-state index in [2.05, 4.69) is 20.9 Å². The summed E-state index contributed by atoms with van der Waals surface area (Å²) in [5, 5.41) is 13.2. The van der Waals surface area contributed by atoms with Crippen LogP contribution in [-0.2, 0) is 9.59 Å². The number of hydrogen-bond donors (Lipinski definition) is 3. The van der Waals surface area contributed by atoms with Crippen molar-refractivity contribution < 1.29 is 14.4 Å². The fourth-order valence-electron chi connectivity index (χ4n) is 4.12. The number of carbonyl (C=O) groups excluding carboxylic acids is 3. The number of amides is 3. The number of thiazole rings is 1. The number of nitrogens with one attached hydrogen (secondary N) is 3. The monoisotopic (exact) mass is 692 g/mol. The molecule has 0 aliphatic carbocycles. The number of rotatable bonds is 11. The number of hydrogen-bond acceptors (Lipinski definition) is 7. The van der Waals surface area contributed by atoms with Crippen molar-refractivity contribution in [3.8, 4) is 10.6 Å². The highest BCUT2D eigenvalue weighted by Crippen LogP contribution is 2.32. The summed E-state index contributed by atoms with van der Waals surface area (Å²) in [7, 11) is 0. The van der Waals surface area contributed by atoms with Crippen LogP contribution in [0.15, 0.2) is 106 Å². The number of thiophene rings is 1. The highest BCUT2D eigenvalue weighted by atomic mass is 35.5. The van der Waals surface area contributed by atoms with Gasteiger partial charge in [-0.25, -0.2) is 4.98 Å². The normalized spacial score (nSPS) is 11.9. The number of halogens is 2. The minimum Gasteiger partial charge on any atom is -0.321 e. The van der Waals surface area contributed by atoms with Crippen molar-refractivity contribution in [2.75, 3.05) is 10.6 Å². The highest BCUT2D eigenvalue weighted by molar-refractivity contribution is 8.00. The molecule has 7 nitrogen and oxygen atoms in total. The Morgan fingerprint density at radius 1 is 0.911 bits per heavy atom. The second-order valence-electron chi connectivity index (χ2n) is 9.51. The standard InChI is InChI=1S/C33H26Cl2N4O3S3/c1-2-28(32(42)39-33-38-27(19-44-33)29-15-8-16-43-29)45-22-12-6-11-21(17-22)36-31(41)26(18-23-24(34)13-7-14-25(23)35)37-30(40)20-9-4-3-5-10-20/h3-19,28H,2H2,1H3,(H,36,41)(H,37,40)(H,38,39,42)/b26-18+. The van der Waals surface area contributed by atoms with Gasteiger partial charge in [0.2, 0.25) is 5.91 Å². The first kappa shape index (κ1) is 32.5. The van der Waals surface area contributed by atoms with E-state index in [1.807, 2.05) is 35.9 Å². The van der Waals surface area contributed by atoms with Gasteiger partial charge in [-0.1, -0.05) is 66.5 Å². The Morgan fingerprint density at radius 2 is 1.67 bits per heavy atom. The smallest absolute Gasteiger partial charge is 0.272 e. The molecule has 12 heteroatoms. The molecule has 0 aliphatic heterocycles. The molecule has 0 fully saturated rings. The van der Waals surface area contributed by atoms with Gasteiger partial charge in [0.1, 0.15) is 5.70 Å². The molecule has 228 valence electrons. The van der Waals surface area contributed by atoms with E-state index in [0.717, 1.165) is 15.5 Å². The first-order valence-corrected chi connectivity index (χ1v) is 17.1. The fourth-order valence-corrected chi connectivity index (χ4v) is 7.12. The number of thioether (sulfide) groups is 1. The summed E-state index contributed by atoms with van der Waals surface area (Å²) >= 11 is 17.1. The van der Waals surface area contributed by atoms with Gasteiger partial charge in [0.25, 0.3) is 11.8 Å². The zero-order valence-electron chi connectivity index (χ0n) is 23.8. The molecule has 0 radical (unpaired) electrons. The summed E-state index contributed by atoms with van der Waals surface area (Å²) < 4.78 is 0. The Bertz CT molecular complexity index is 1820. The molecule has 0 saturated heterocycles. The van der Waals surface area contributed by atoms with E-state index in [-0.39, 0.29) is 11.6 Å². The van der Waals surface area contributed by atoms with Crippen molar-refractivity contribution in [1.29, 1.82) is 0 Å². The minimum atomic E-state index is -0.576. The lowest BCUT2D eigenvalue weighted by molar-refractivity contribution is -0.116. The van der Waals surface area contributed by atoms with E-state index in [0.29, 0.717) is 38.4 Å². The van der Waals surface area contributed by atoms with Gasteiger partial charge in [-0.3, -0.25) is 14.4 Å². The van der Waals surface area contributed by atoms with Crippen molar-refractivity contribution in [3.63, 3.8) is 0 Å². The number of anilines is 2. The molecule has 0 saturated carbocycles. The molecular formula is C33H26Cl2N4O3S3. The Morgan fingerprint density at radius 3 is 2.38 bits per heavy atom. The average molecular weight is 694 g/mol. The van der Waals surface area contributed by atoms with E-state index in [4.69, 9.17) is 23.2 Å². The van der Waals surface area contributed by atoms with Crippen LogP contribution in [0, 0.1) is 0 Å². The van der Waals surface area contributed by atoms with Crippen molar-refractivity contribution in [2.45, 2.75) is 23.5 Å². The number of carbonyl (C=O) groups is 3. The van der Waals surface area contributed by atoms with Gasteiger partial charge in [-0.15, -0.1) is 34.4 Å². The number of nitrogens with zero attached hydrogens (tertiary/aromatic N) is 1. The maximum atomic E-state index is 13.5. The zero-order chi connectivity index (χ0) is 31.8. The summed E-state index contributed by atoms with van der Waals surface area (Å²) in [6.07, 6.45) is 2.02. The van der Waals surface area contributed by atoms with Crippen LogP contribution in [0.5, 0.6) is 0 Å². The Hall–Kier alpha value is -3.93. The van der Waals surface area contributed by atoms with Gasteiger partial charge in [0, 0.05) is 37.1 Å². The van der Waals surface area contributed by atoms with Gasteiger partial charge in [0.05, 0.1) is 15.8 Å². The fraction of sp³-hybridized carbons (Fsp3) is 0.0909. The first-order valence-electron chi connectivity index (χ1n) is 13.7. The molecule has 5 aromatic rings. The Kier molecular flexibility index (Phi) is 11.1. The van der Waals surface area contributed by atoms with Crippen molar-refractivity contribution in [3.05, 3.63) is 123 Å². The van der Waals surface area contributed by atoms with Crippen LogP contribution in [0.25, 0.3) is 16.6 Å². The second kappa shape index (κ2) is 15.4. The highest BCUT2D eigenvalue weighted by Gasteiger charge is 2.21. The van der Waals surface area contributed by atoms with Gasteiger partial charge in [-0.05, 0) is 66.4 Å². The summed E-state index contributed by atoms with van der Waals surface area (Å²) in [6, 6.07) is 24.6. The Labute approximate surface area is 282 Å². The molecule has 2 aromatic heterocycles. The summed E-state index contributed by atoms with van der Waals surface area (Å²) in [6.45, 7) is 1.94. The molecule has 2 heterocycles. The molecule has 0 spiro atoms. The molecule has 3 N–H and O–H groups in total. The second-order valence-corrected chi connectivity index (χ2v) is 13.4. The third kappa shape index (κ3) is 8.62. The van der Waals surface area contributed by atoms with Crippen molar-refractivity contribution >= 4 is 92.3 Å². The molecule has 0 aliphatic rings. The molecule has 3 amide bonds. The van der Waals surface area contributed by atoms with Crippen molar-refractivity contribution in [2.24, 2.45) is 0 Å². The third-order valence-corrected chi connectivity index (χ3v) is 10.0. The maximum absolute atomic E-state index is 13.5. The molecule has 45 heavy (non-hydrogen) atoms. The largest absolute Gasteiger partial charge is 0.321 e. The predicted molar refractivity (Wildman–Crippen MR) is 187 cm³/mol. The van der Waals surface area contributed by atoms with Crippen LogP contribution < -0.4 is 16.0 Å². The number of aromatic nitrogens is 1. The van der Waals surface area contributed by atoms with Gasteiger partial charge in [0.15, 0.2) is 5.13 Å². The SMILES string of the molecule is CCC(Sc1cccc(NC(=O)/C(=C\c2c(Cl)cccc2Cl)NC(=O)c2ccccc2)c1)C(=O)Nc1nc(-c2cccs2)cs1. The average Bonchev–Trinajstić information content (AvgIpc) is 3.74.